The van der Waals surface area contributed by atoms with E-state index >= 15 is 0 Å². The smallest absolute Gasteiger partial charge is 0.212 e. The molecule has 2 heterocycles. The minimum Gasteiger partial charge on any atom is -0.481 e. The van der Waals surface area contributed by atoms with E-state index in [0.29, 0.717) is 17.4 Å². The van der Waals surface area contributed by atoms with Crippen LogP contribution in [0.25, 0.3) is 10.9 Å². The van der Waals surface area contributed by atoms with E-state index in [0.717, 1.165) is 22.2 Å². The molecule has 0 radical (unpaired) electrons. The quantitative estimate of drug-likeness (QED) is 0.793. The predicted octanol–water partition coefficient (Wildman–Crippen LogP) is 3.90. The molecule has 1 aromatic carbocycles. The normalized spacial score (nSPS) is 10.6. The molecule has 0 aliphatic carbocycles. The van der Waals surface area contributed by atoms with E-state index in [1.807, 2.05) is 36.4 Å². The highest BCUT2D eigenvalue weighted by Gasteiger charge is 2.05. The first-order valence-electron chi connectivity index (χ1n) is 6.54. The second kappa shape index (κ2) is 5.97. The van der Waals surface area contributed by atoms with Crippen LogP contribution in [0.3, 0.4) is 0 Å². The number of fused-ring (bicyclic) bond motifs is 1. The van der Waals surface area contributed by atoms with E-state index in [-0.39, 0.29) is 0 Å². The van der Waals surface area contributed by atoms with E-state index in [1.165, 1.54) is 0 Å². The van der Waals surface area contributed by atoms with E-state index in [4.69, 9.17) is 16.3 Å². The molecule has 3 rings (SSSR count). The Bertz CT molecular complexity index is 759. The number of hydrogen-bond acceptors (Lipinski definition) is 4. The van der Waals surface area contributed by atoms with Crippen molar-refractivity contribution in [3.05, 3.63) is 59.4 Å². The van der Waals surface area contributed by atoms with Crippen molar-refractivity contribution in [1.82, 2.24) is 9.97 Å². The Hall–Kier alpha value is -2.33. The van der Waals surface area contributed by atoms with Crippen molar-refractivity contribution < 1.29 is 4.74 Å². The lowest BCUT2D eigenvalue weighted by molar-refractivity contribution is 0.397. The van der Waals surface area contributed by atoms with Gasteiger partial charge in [0.05, 0.1) is 23.3 Å². The first kappa shape index (κ1) is 13.6. The van der Waals surface area contributed by atoms with Crippen LogP contribution < -0.4 is 10.1 Å². The van der Waals surface area contributed by atoms with E-state index < -0.39 is 0 Å². The number of aromatic nitrogens is 2. The van der Waals surface area contributed by atoms with Gasteiger partial charge in [-0.15, -0.1) is 0 Å². The predicted molar refractivity (Wildman–Crippen MR) is 84.9 cm³/mol. The zero-order valence-corrected chi connectivity index (χ0v) is 12.3. The fourth-order valence-electron chi connectivity index (χ4n) is 2.11. The van der Waals surface area contributed by atoms with Gasteiger partial charge in [-0.1, -0.05) is 17.7 Å². The van der Waals surface area contributed by atoms with Crippen molar-refractivity contribution in [3.63, 3.8) is 0 Å². The maximum absolute atomic E-state index is 6.19. The molecule has 2 aromatic heterocycles. The Morgan fingerprint density at radius 2 is 2.05 bits per heavy atom. The maximum Gasteiger partial charge on any atom is 0.212 e. The average Bonchev–Trinajstić information content (AvgIpc) is 2.55. The monoisotopic (exact) mass is 299 g/mol. The third kappa shape index (κ3) is 2.90. The molecule has 1 N–H and O–H groups in total. The Kier molecular flexibility index (Phi) is 3.88. The molecule has 0 saturated heterocycles. The Labute approximate surface area is 127 Å². The van der Waals surface area contributed by atoms with Gasteiger partial charge in [-0.3, -0.25) is 4.98 Å². The van der Waals surface area contributed by atoms with Gasteiger partial charge in [0, 0.05) is 30.4 Å². The van der Waals surface area contributed by atoms with Crippen LogP contribution >= 0.6 is 11.6 Å². The summed E-state index contributed by atoms with van der Waals surface area (Å²) >= 11 is 6.19. The lowest BCUT2D eigenvalue weighted by Crippen LogP contribution is -2.01. The molecule has 21 heavy (non-hydrogen) atoms. The molecule has 0 aliphatic heterocycles. The summed E-state index contributed by atoms with van der Waals surface area (Å²) in [5.74, 6) is 0.609. The summed E-state index contributed by atoms with van der Waals surface area (Å²) in [6, 6.07) is 11.5. The van der Waals surface area contributed by atoms with Crippen LogP contribution in [0.5, 0.6) is 5.88 Å². The topological polar surface area (TPSA) is 47.0 Å². The summed E-state index contributed by atoms with van der Waals surface area (Å²) in [7, 11) is 1.60. The Balaban J connectivity index is 1.83. The summed E-state index contributed by atoms with van der Waals surface area (Å²) in [5.41, 5.74) is 2.88. The number of nitrogens with zero attached hydrogens (tertiary/aromatic N) is 2. The summed E-state index contributed by atoms with van der Waals surface area (Å²) in [5, 5.41) is 5.01. The Morgan fingerprint density at radius 3 is 2.81 bits per heavy atom. The Morgan fingerprint density at radius 1 is 1.14 bits per heavy atom. The first-order chi connectivity index (χ1) is 10.3. The van der Waals surface area contributed by atoms with E-state index in [2.05, 4.69) is 15.3 Å². The van der Waals surface area contributed by atoms with Crippen LogP contribution in [0.4, 0.5) is 5.69 Å². The molecule has 3 aromatic rings. The minimum absolute atomic E-state index is 0.609. The van der Waals surface area contributed by atoms with E-state index in [1.54, 1.807) is 19.5 Å². The number of benzene rings is 1. The van der Waals surface area contributed by atoms with Crippen LogP contribution in [-0.2, 0) is 6.54 Å². The largest absolute Gasteiger partial charge is 0.481 e. The number of pyridine rings is 2. The second-order valence-corrected chi connectivity index (χ2v) is 4.96. The summed E-state index contributed by atoms with van der Waals surface area (Å²) in [6.45, 7) is 0.657. The molecular weight excluding hydrogens is 286 g/mol. The summed E-state index contributed by atoms with van der Waals surface area (Å²) < 4.78 is 5.05. The molecule has 0 aliphatic rings. The van der Waals surface area contributed by atoms with Gasteiger partial charge in [0.25, 0.3) is 0 Å². The van der Waals surface area contributed by atoms with Gasteiger partial charge in [-0.2, -0.15) is 0 Å². The number of hydrogen-bond donors (Lipinski definition) is 1. The molecule has 0 fully saturated rings. The fraction of sp³-hybridized carbons (Fsp3) is 0.125. The van der Waals surface area contributed by atoms with Crippen molar-refractivity contribution in [3.8, 4) is 5.88 Å². The summed E-state index contributed by atoms with van der Waals surface area (Å²) in [4.78, 5) is 8.59. The SMILES string of the molecule is COc1ccc(CNc2ccc(Cl)c3cccnc23)cn1. The molecule has 106 valence electrons. The molecule has 0 atom stereocenters. The molecular formula is C16H14ClN3O. The van der Waals surface area contributed by atoms with Crippen molar-refractivity contribution >= 4 is 28.2 Å². The van der Waals surface area contributed by atoms with Crippen LogP contribution in [-0.4, -0.2) is 17.1 Å². The number of methoxy groups -OCH3 is 1. The lowest BCUT2D eigenvalue weighted by Gasteiger charge is -2.10. The first-order valence-corrected chi connectivity index (χ1v) is 6.92. The molecule has 5 heteroatoms. The standard InChI is InChI=1S/C16H14ClN3O/c1-21-15-7-4-11(10-20-15)9-19-14-6-5-13(17)12-3-2-8-18-16(12)14/h2-8,10,19H,9H2,1H3. The number of rotatable bonds is 4. The van der Waals surface area contributed by atoms with Crippen molar-refractivity contribution in [1.29, 1.82) is 0 Å². The highest BCUT2D eigenvalue weighted by atomic mass is 35.5. The van der Waals surface area contributed by atoms with Gasteiger partial charge < -0.3 is 10.1 Å². The van der Waals surface area contributed by atoms with E-state index in [9.17, 15) is 0 Å². The van der Waals surface area contributed by atoms with Gasteiger partial charge >= 0.3 is 0 Å². The fourth-order valence-corrected chi connectivity index (χ4v) is 2.33. The molecule has 0 amide bonds. The minimum atomic E-state index is 0.609. The summed E-state index contributed by atoms with van der Waals surface area (Å²) in [6.07, 6.45) is 3.55. The third-order valence-electron chi connectivity index (χ3n) is 3.21. The molecule has 4 nitrogen and oxygen atoms in total. The number of halogens is 1. The van der Waals surface area contributed by atoms with Gasteiger partial charge in [0.1, 0.15) is 0 Å². The number of nitrogens with one attached hydrogen (secondary N) is 1. The van der Waals surface area contributed by atoms with Gasteiger partial charge in [0.15, 0.2) is 0 Å². The van der Waals surface area contributed by atoms with Crippen molar-refractivity contribution in [2.45, 2.75) is 6.54 Å². The van der Waals surface area contributed by atoms with Crippen molar-refractivity contribution in [2.75, 3.05) is 12.4 Å². The van der Waals surface area contributed by atoms with Crippen LogP contribution in [0.2, 0.25) is 5.02 Å². The van der Waals surface area contributed by atoms with Crippen molar-refractivity contribution in [2.24, 2.45) is 0 Å². The second-order valence-electron chi connectivity index (χ2n) is 4.56. The number of ether oxygens (including phenoxy) is 1. The zero-order chi connectivity index (χ0) is 14.7. The average molecular weight is 300 g/mol. The maximum atomic E-state index is 6.19. The molecule has 0 unspecified atom stereocenters. The molecule has 0 saturated carbocycles. The zero-order valence-electron chi connectivity index (χ0n) is 11.5. The third-order valence-corrected chi connectivity index (χ3v) is 3.54. The number of anilines is 1. The molecule has 0 bridgehead atoms. The van der Waals surface area contributed by atoms with Gasteiger partial charge in [-0.25, -0.2) is 4.98 Å². The van der Waals surface area contributed by atoms with Crippen LogP contribution in [0, 0.1) is 0 Å². The highest BCUT2D eigenvalue weighted by Crippen LogP contribution is 2.28. The highest BCUT2D eigenvalue weighted by molar-refractivity contribution is 6.35. The van der Waals surface area contributed by atoms with Gasteiger partial charge in [-0.05, 0) is 29.8 Å². The van der Waals surface area contributed by atoms with Crippen LogP contribution in [0.1, 0.15) is 5.56 Å². The molecule has 0 spiro atoms. The van der Waals surface area contributed by atoms with Gasteiger partial charge in [0.2, 0.25) is 5.88 Å². The van der Waals surface area contributed by atoms with Crippen LogP contribution in [0.15, 0.2) is 48.8 Å². The lowest BCUT2D eigenvalue weighted by atomic mass is 10.2.